The van der Waals surface area contributed by atoms with Crippen molar-refractivity contribution in [2.75, 3.05) is 39.6 Å². The molecule has 0 radical (unpaired) electrons. The summed E-state index contributed by atoms with van der Waals surface area (Å²) in [7, 11) is 1.04. The van der Waals surface area contributed by atoms with E-state index in [9.17, 15) is 22.8 Å². The van der Waals surface area contributed by atoms with Gasteiger partial charge in [-0.1, -0.05) is 15.9 Å². The Kier molecular flexibility index (Phi) is 9.45. The number of rotatable bonds is 10. The number of sulfone groups is 1. The number of anilines is 1. The number of esters is 3. The normalized spacial score (nSPS) is 11.0. The van der Waals surface area contributed by atoms with Crippen LogP contribution in [-0.2, 0) is 40.1 Å². The van der Waals surface area contributed by atoms with Crippen molar-refractivity contribution in [2.24, 2.45) is 5.92 Å². The van der Waals surface area contributed by atoms with Crippen molar-refractivity contribution in [1.29, 1.82) is 0 Å². The number of methoxy groups -OCH3 is 4. The molecule has 0 saturated heterocycles. The van der Waals surface area contributed by atoms with Crippen LogP contribution in [0.1, 0.15) is 15.9 Å². The molecule has 0 saturated carbocycles. The first-order chi connectivity index (χ1) is 16.1. The quantitative estimate of drug-likeness (QED) is 0.264. The molecule has 0 heterocycles. The fourth-order valence-electron chi connectivity index (χ4n) is 3.10. The van der Waals surface area contributed by atoms with Crippen molar-refractivity contribution in [2.45, 2.75) is 11.3 Å². The first-order valence-corrected chi connectivity index (χ1v) is 12.2. The third-order valence-corrected chi connectivity index (χ3v) is 6.82. The molecule has 2 aromatic rings. The van der Waals surface area contributed by atoms with Crippen molar-refractivity contribution in [3.63, 3.8) is 0 Å². The molecule has 1 N–H and O–H groups in total. The summed E-state index contributed by atoms with van der Waals surface area (Å²) in [4.78, 5) is 36.8. The molecule has 0 aliphatic heterocycles. The second-order valence-corrected chi connectivity index (χ2v) is 9.80. The largest absolute Gasteiger partial charge is 0.497 e. The number of halogens is 1. The van der Waals surface area contributed by atoms with Gasteiger partial charge < -0.3 is 24.3 Å². The van der Waals surface area contributed by atoms with Gasteiger partial charge in [0.1, 0.15) is 11.6 Å². The number of hydrogen-bond acceptors (Lipinski definition) is 10. The molecule has 2 aromatic carbocycles. The van der Waals surface area contributed by atoms with Crippen LogP contribution < -0.4 is 10.1 Å². The average Bonchev–Trinajstić information content (AvgIpc) is 2.84. The van der Waals surface area contributed by atoms with Crippen LogP contribution in [0.5, 0.6) is 5.75 Å². The van der Waals surface area contributed by atoms with Gasteiger partial charge in [-0.05, 0) is 48.4 Å². The van der Waals surface area contributed by atoms with Gasteiger partial charge in [-0.3, -0.25) is 9.59 Å². The maximum Gasteiger partial charge on any atom is 0.340 e. The Morgan fingerprint density at radius 1 is 0.941 bits per heavy atom. The first-order valence-electron chi connectivity index (χ1n) is 9.75. The zero-order valence-electron chi connectivity index (χ0n) is 18.9. The van der Waals surface area contributed by atoms with Gasteiger partial charge in [0.2, 0.25) is 0 Å². The molecule has 0 bridgehead atoms. The van der Waals surface area contributed by atoms with Crippen molar-refractivity contribution in [3.05, 3.63) is 52.0 Å². The van der Waals surface area contributed by atoms with Gasteiger partial charge in [0.15, 0.2) is 15.8 Å². The van der Waals surface area contributed by atoms with E-state index >= 15 is 0 Å². The highest BCUT2D eigenvalue weighted by molar-refractivity contribution is 9.10. The van der Waals surface area contributed by atoms with Crippen molar-refractivity contribution >= 4 is 49.4 Å². The zero-order chi connectivity index (χ0) is 25.5. The Labute approximate surface area is 205 Å². The molecule has 10 nitrogen and oxygen atoms in total. The molecule has 34 heavy (non-hydrogen) atoms. The summed E-state index contributed by atoms with van der Waals surface area (Å²) in [5.41, 5.74) is 0.385. The molecule has 0 unspecified atom stereocenters. The molecular formula is C22H24BrNO9S. The highest BCUT2D eigenvalue weighted by Gasteiger charge is 2.31. The van der Waals surface area contributed by atoms with E-state index in [0.29, 0.717) is 15.8 Å². The van der Waals surface area contributed by atoms with Gasteiger partial charge >= 0.3 is 17.9 Å². The Morgan fingerprint density at radius 2 is 1.53 bits per heavy atom. The third kappa shape index (κ3) is 6.48. The minimum atomic E-state index is -3.84. The van der Waals surface area contributed by atoms with Crippen molar-refractivity contribution in [1.82, 2.24) is 0 Å². The molecule has 2 rings (SSSR count). The van der Waals surface area contributed by atoms with E-state index in [1.165, 1.54) is 44.6 Å². The lowest BCUT2D eigenvalue weighted by molar-refractivity contribution is -0.158. The lowest BCUT2D eigenvalue weighted by atomic mass is 9.95. The van der Waals surface area contributed by atoms with E-state index in [0.717, 1.165) is 14.2 Å². The van der Waals surface area contributed by atoms with Crippen LogP contribution in [0.15, 0.2) is 45.8 Å². The topological polar surface area (TPSA) is 134 Å². The Balaban J connectivity index is 2.50. The third-order valence-electron chi connectivity index (χ3n) is 4.84. The molecule has 0 spiro atoms. The SMILES string of the molecule is COC(=O)c1cc(Br)cc(CC(C(=O)OC)C(=O)OC)c1NCS(=O)(=O)c1ccc(OC)cc1. The number of benzene rings is 2. The van der Waals surface area contributed by atoms with Crippen LogP contribution in [0.2, 0.25) is 0 Å². The van der Waals surface area contributed by atoms with E-state index in [1.807, 2.05) is 0 Å². The smallest absolute Gasteiger partial charge is 0.340 e. The summed E-state index contributed by atoms with van der Waals surface area (Å²) in [6.45, 7) is 0. The fraction of sp³-hybridized carbons (Fsp3) is 0.318. The highest BCUT2D eigenvalue weighted by atomic mass is 79.9. The highest BCUT2D eigenvalue weighted by Crippen LogP contribution is 2.30. The first kappa shape index (κ1) is 27.1. The molecule has 0 aliphatic carbocycles. The van der Waals surface area contributed by atoms with E-state index < -0.39 is 39.5 Å². The monoisotopic (exact) mass is 557 g/mol. The van der Waals surface area contributed by atoms with Gasteiger partial charge in [0.05, 0.1) is 44.6 Å². The van der Waals surface area contributed by atoms with Crippen LogP contribution in [0.25, 0.3) is 0 Å². The van der Waals surface area contributed by atoms with E-state index in [2.05, 4.69) is 21.2 Å². The number of carbonyl (C=O) groups is 3. The van der Waals surface area contributed by atoms with E-state index in [-0.39, 0.29) is 22.6 Å². The molecule has 0 atom stereocenters. The molecule has 0 aliphatic rings. The number of hydrogen-bond donors (Lipinski definition) is 1. The Morgan fingerprint density at radius 3 is 2.03 bits per heavy atom. The van der Waals surface area contributed by atoms with Gasteiger partial charge in [-0.15, -0.1) is 0 Å². The summed E-state index contributed by atoms with van der Waals surface area (Å²) in [6.07, 6.45) is -0.228. The number of carbonyl (C=O) groups excluding carboxylic acids is 3. The molecule has 0 amide bonds. The lowest BCUT2D eigenvalue weighted by Crippen LogP contribution is -2.29. The van der Waals surface area contributed by atoms with E-state index in [1.54, 1.807) is 6.07 Å². The molecule has 184 valence electrons. The van der Waals surface area contributed by atoms with Gasteiger partial charge in [-0.25, -0.2) is 13.2 Å². The average molecular weight is 558 g/mol. The van der Waals surface area contributed by atoms with Crippen LogP contribution in [-0.4, -0.2) is 60.6 Å². The molecule has 12 heteroatoms. The zero-order valence-corrected chi connectivity index (χ0v) is 21.3. The molecule has 0 aromatic heterocycles. The second-order valence-electron chi connectivity index (χ2n) is 6.89. The van der Waals surface area contributed by atoms with Crippen LogP contribution in [0.3, 0.4) is 0 Å². The number of nitrogens with one attached hydrogen (secondary N) is 1. The Hall–Kier alpha value is -3.12. The number of ether oxygens (including phenoxy) is 4. The van der Waals surface area contributed by atoms with Gasteiger partial charge in [0.25, 0.3) is 0 Å². The van der Waals surface area contributed by atoms with Gasteiger partial charge in [0, 0.05) is 4.47 Å². The second kappa shape index (κ2) is 11.8. The predicted octanol–water partition coefficient (Wildman–Crippen LogP) is 2.59. The lowest BCUT2D eigenvalue weighted by Gasteiger charge is -2.19. The van der Waals surface area contributed by atoms with Crippen LogP contribution in [0, 0.1) is 5.92 Å². The maximum atomic E-state index is 12.9. The van der Waals surface area contributed by atoms with Crippen LogP contribution >= 0.6 is 15.9 Å². The van der Waals surface area contributed by atoms with Gasteiger partial charge in [-0.2, -0.15) is 0 Å². The summed E-state index contributed by atoms with van der Waals surface area (Å²) < 4.78 is 45.5. The maximum absolute atomic E-state index is 12.9. The summed E-state index contributed by atoms with van der Waals surface area (Å²) >= 11 is 3.29. The standard InChI is InChI=1S/C22H24BrNO9S/c1-30-15-5-7-16(8-6-15)34(28,29)12-24-19-13(9-14(23)11-17(19)20(25)31-2)10-18(21(26)32-3)22(27)33-4/h5-9,11,18,24H,10,12H2,1-4H3. The predicted molar refractivity (Wildman–Crippen MR) is 125 cm³/mol. The Bertz CT molecular complexity index is 1150. The minimum absolute atomic E-state index is 0.00490. The molecule has 0 fully saturated rings. The summed E-state index contributed by atoms with van der Waals surface area (Å²) in [5, 5.41) is 2.77. The molecular weight excluding hydrogens is 534 g/mol. The summed E-state index contributed by atoms with van der Waals surface area (Å²) in [5.74, 6) is -3.87. The van der Waals surface area contributed by atoms with E-state index in [4.69, 9.17) is 18.9 Å². The van der Waals surface area contributed by atoms with Crippen LogP contribution in [0.4, 0.5) is 5.69 Å². The fourth-order valence-corrected chi connectivity index (χ4v) is 4.66. The summed E-state index contributed by atoms with van der Waals surface area (Å²) in [6, 6.07) is 8.79. The van der Waals surface area contributed by atoms with Crippen molar-refractivity contribution < 1.29 is 41.7 Å². The minimum Gasteiger partial charge on any atom is -0.497 e. The van der Waals surface area contributed by atoms with Crippen molar-refractivity contribution in [3.8, 4) is 5.75 Å².